The van der Waals surface area contributed by atoms with Crippen molar-refractivity contribution in [3.05, 3.63) is 94.1 Å². The number of para-hydroxylation sites is 1. The lowest BCUT2D eigenvalue weighted by molar-refractivity contribution is -0.139. The molecule has 1 fully saturated rings. The van der Waals surface area contributed by atoms with Gasteiger partial charge >= 0.3 is 0 Å². The summed E-state index contributed by atoms with van der Waals surface area (Å²) in [6.07, 6.45) is 5.61. The van der Waals surface area contributed by atoms with Gasteiger partial charge in [-0.1, -0.05) is 24.3 Å². The molecule has 1 atom stereocenters. The number of aliphatic hydroxyl groups is 1. The Bertz CT molecular complexity index is 1290. The van der Waals surface area contributed by atoms with Crippen molar-refractivity contribution in [2.24, 2.45) is 0 Å². The van der Waals surface area contributed by atoms with E-state index >= 15 is 0 Å². The van der Waals surface area contributed by atoms with Crippen LogP contribution in [0, 0.1) is 0 Å². The Balaban J connectivity index is 1.53. The summed E-state index contributed by atoms with van der Waals surface area (Å²) in [5.41, 5.74) is 2.64. The molecule has 1 aliphatic rings. The van der Waals surface area contributed by atoms with E-state index in [9.17, 15) is 14.7 Å². The van der Waals surface area contributed by atoms with Crippen LogP contribution in [0.15, 0.2) is 78.1 Å². The monoisotopic (exact) mass is 429 g/mol. The predicted octanol–water partition coefficient (Wildman–Crippen LogP) is 4.29. The fraction of sp³-hybridized carbons (Fsp3) is 0.125. The number of hydrogen-bond acceptors (Lipinski definition) is 5. The quantitative estimate of drug-likeness (QED) is 0.282. The highest BCUT2D eigenvalue weighted by Crippen LogP contribution is 2.41. The zero-order valence-corrected chi connectivity index (χ0v) is 17.3. The van der Waals surface area contributed by atoms with Crippen LogP contribution < -0.4 is 0 Å². The SMILES string of the molecule is O=C1C(=O)N(CCc2c[nH]c3ccccc23)C(c2cccs2)C1=C(O)c1cccnc1. The van der Waals surface area contributed by atoms with Crippen LogP contribution in [0.3, 0.4) is 0 Å². The van der Waals surface area contributed by atoms with Gasteiger partial charge in [-0.05, 0) is 41.6 Å². The zero-order chi connectivity index (χ0) is 21.4. The number of fused-ring (bicyclic) bond motifs is 1. The number of nitrogens with zero attached hydrogens (tertiary/aromatic N) is 2. The largest absolute Gasteiger partial charge is 0.507 e. The Kier molecular flexibility index (Phi) is 4.88. The van der Waals surface area contributed by atoms with Crippen molar-refractivity contribution >= 4 is 39.7 Å². The van der Waals surface area contributed by atoms with Crippen molar-refractivity contribution in [2.45, 2.75) is 12.5 Å². The molecule has 1 aromatic carbocycles. The maximum absolute atomic E-state index is 13.0. The van der Waals surface area contributed by atoms with Crippen LogP contribution in [-0.2, 0) is 16.0 Å². The number of aliphatic hydroxyl groups excluding tert-OH is 1. The molecule has 0 radical (unpaired) electrons. The zero-order valence-electron chi connectivity index (χ0n) is 16.5. The van der Waals surface area contributed by atoms with Crippen LogP contribution in [0.25, 0.3) is 16.7 Å². The van der Waals surface area contributed by atoms with E-state index in [0.29, 0.717) is 18.5 Å². The molecule has 5 rings (SSSR count). The fourth-order valence-corrected chi connectivity index (χ4v) is 4.94. The number of likely N-dealkylation sites (tertiary alicyclic amines) is 1. The topological polar surface area (TPSA) is 86.3 Å². The van der Waals surface area contributed by atoms with Gasteiger partial charge in [0, 0.05) is 46.5 Å². The molecule has 1 amide bonds. The van der Waals surface area contributed by atoms with Crippen LogP contribution in [0.1, 0.15) is 22.0 Å². The van der Waals surface area contributed by atoms with Crippen molar-refractivity contribution in [1.29, 1.82) is 0 Å². The summed E-state index contributed by atoms with van der Waals surface area (Å²) < 4.78 is 0. The molecule has 2 N–H and O–H groups in total. The van der Waals surface area contributed by atoms with Crippen molar-refractivity contribution in [2.75, 3.05) is 6.54 Å². The van der Waals surface area contributed by atoms with Gasteiger partial charge in [-0.2, -0.15) is 0 Å². The maximum Gasteiger partial charge on any atom is 0.295 e. The molecule has 0 aliphatic carbocycles. The minimum absolute atomic E-state index is 0.111. The van der Waals surface area contributed by atoms with E-state index in [0.717, 1.165) is 21.3 Å². The summed E-state index contributed by atoms with van der Waals surface area (Å²) in [6.45, 7) is 0.360. The highest BCUT2D eigenvalue weighted by Gasteiger charge is 2.46. The number of nitrogens with one attached hydrogen (secondary N) is 1. The number of benzene rings is 1. The first-order valence-corrected chi connectivity index (χ1v) is 10.8. The van der Waals surface area contributed by atoms with Crippen LogP contribution in [0.4, 0.5) is 0 Å². The van der Waals surface area contributed by atoms with Crippen LogP contribution in [0.2, 0.25) is 0 Å². The minimum Gasteiger partial charge on any atom is -0.507 e. The molecule has 1 saturated heterocycles. The molecule has 7 heteroatoms. The van der Waals surface area contributed by atoms with Crippen molar-refractivity contribution in [3.8, 4) is 0 Å². The average molecular weight is 430 g/mol. The Hall–Kier alpha value is -3.71. The van der Waals surface area contributed by atoms with E-state index in [1.165, 1.54) is 17.5 Å². The third-order valence-corrected chi connectivity index (χ3v) is 6.51. The van der Waals surface area contributed by atoms with Gasteiger partial charge in [0.15, 0.2) is 0 Å². The van der Waals surface area contributed by atoms with Gasteiger partial charge in [0.1, 0.15) is 5.76 Å². The van der Waals surface area contributed by atoms with E-state index in [1.54, 1.807) is 23.2 Å². The van der Waals surface area contributed by atoms with Crippen molar-refractivity contribution < 1.29 is 14.7 Å². The number of aromatic amines is 1. The van der Waals surface area contributed by atoms with Crippen molar-refractivity contribution in [3.63, 3.8) is 0 Å². The summed E-state index contributed by atoms with van der Waals surface area (Å²) in [6, 6.07) is 14.5. The maximum atomic E-state index is 13.0. The first-order chi connectivity index (χ1) is 15.1. The number of Topliss-reactive ketones (excluding diaryl/α,β-unsaturated/α-hetero) is 1. The minimum atomic E-state index is -0.668. The molecule has 1 aliphatic heterocycles. The van der Waals surface area contributed by atoms with Crippen LogP contribution >= 0.6 is 11.3 Å². The first kappa shape index (κ1) is 19.3. The van der Waals surface area contributed by atoms with E-state index < -0.39 is 17.7 Å². The molecule has 0 spiro atoms. The Morgan fingerprint density at radius 1 is 1.13 bits per heavy atom. The third kappa shape index (κ3) is 3.33. The predicted molar refractivity (Wildman–Crippen MR) is 120 cm³/mol. The summed E-state index contributed by atoms with van der Waals surface area (Å²) in [5.74, 6) is -1.46. The number of aromatic nitrogens is 2. The summed E-state index contributed by atoms with van der Waals surface area (Å²) in [5, 5.41) is 13.9. The Morgan fingerprint density at radius 2 is 2.00 bits per heavy atom. The molecular weight excluding hydrogens is 410 g/mol. The number of H-pyrrole nitrogens is 1. The number of ketones is 1. The van der Waals surface area contributed by atoms with Gasteiger partial charge in [0.2, 0.25) is 0 Å². The molecular formula is C24H19N3O3S. The van der Waals surface area contributed by atoms with Gasteiger partial charge in [-0.25, -0.2) is 0 Å². The van der Waals surface area contributed by atoms with Gasteiger partial charge in [0.05, 0.1) is 11.6 Å². The normalized spacial score (nSPS) is 18.2. The second kappa shape index (κ2) is 7.85. The van der Waals surface area contributed by atoms with Gasteiger partial charge in [0.25, 0.3) is 11.7 Å². The lowest BCUT2D eigenvalue weighted by Gasteiger charge is -2.24. The van der Waals surface area contributed by atoms with Crippen LogP contribution in [-0.4, -0.2) is 38.2 Å². The average Bonchev–Trinajstić information content (AvgIpc) is 3.53. The van der Waals surface area contributed by atoms with E-state index in [2.05, 4.69) is 9.97 Å². The molecule has 154 valence electrons. The van der Waals surface area contributed by atoms with Gasteiger partial charge in [-0.15, -0.1) is 11.3 Å². The third-order valence-electron chi connectivity index (χ3n) is 5.58. The smallest absolute Gasteiger partial charge is 0.295 e. The van der Waals surface area contributed by atoms with E-state index in [1.807, 2.05) is 48.0 Å². The van der Waals surface area contributed by atoms with Gasteiger partial charge < -0.3 is 15.0 Å². The molecule has 1 unspecified atom stereocenters. The number of hydrogen-bond donors (Lipinski definition) is 2. The number of carbonyl (C=O) groups excluding carboxylic acids is 2. The molecule has 31 heavy (non-hydrogen) atoms. The molecule has 6 nitrogen and oxygen atoms in total. The molecule has 0 bridgehead atoms. The number of thiophene rings is 1. The Morgan fingerprint density at radius 3 is 2.77 bits per heavy atom. The second-order valence-electron chi connectivity index (χ2n) is 7.36. The standard InChI is InChI=1S/C24H19N3O3S/c28-22(16-5-3-10-25-13-16)20-21(19-8-4-12-31-19)27(24(30)23(20)29)11-9-15-14-26-18-7-2-1-6-17(15)18/h1-8,10,12-14,21,26,28H,9,11H2. The highest BCUT2D eigenvalue weighted by atomic mass is 32.1. The molecule has 0 saturated carbocycles. The molecule has 4 heterocycles. The molecule has 3 aromatic heterocycles. The molecule has 4 aromatic rings. The first-order valence-electron chi connectivity index (χ1n) is 9.92. The number of amides is 1. The Labute approximate surface area is 182 Å². The highest BCUT2D eigenvalue weighted by molar-refractivity contribution is 7.10. The number of rotatable bonds is 5. The van der Waals surface area contributed by atoms with Crippen molar-refractivity contribution in [1.82, 2.24) is 14.9 Å². The summed E-state index contributed by atoms with van der Waals surface area (Å²) in [7, 11) is 0. The van der Waals surface area contributed by atoms with Crippen LogP contribution in [0.5, 0.6) is 0 Å². The fourth-order valence-electron chi connectivity index (χ4n) is 4.09. The summed E-state index contributed by atoms with van der Waals surface area (Å²) in [4.78, 5) is 35.6. The number of pyridine rings is 1. The van der Waals surface area contributed by atoms with E-state index in [4.69, 9.17) is 0 Å². The number of carbonyl (C=O) groups is 2. The lowest BCUT2D eigenvalue weighted by atomic mass is 10.0. The van der Waals surface area contributed by atoms with Gasteiger partial charge in [-0.3, -0.25) is 14.6 Å². The van der Waals surface area contributed by atoms with E-state index in [-0.39, 0.29) is 11.3 Å². The lowest BCUT2D eigenvalue weighted by Crippen LogP contribution is -2.31. The second-order valence-corrected chi connectivity index (χ2v) is 8.34. The summed E-state index contributed by atoms with van der Waals surface area (Å²) >= 11 is 1.46.